The molecule has 0 atom stereocenters. The summed E-state index contributed by atoms with van der Waals surface area (Å²) in [4.78, 5) is 27.1. The summed E-state index contributed by atoms with van der Waals surface area (Å²) in [6.45, 7) is 3.12. The lowest BCUT2D eigenvalue weighted by Crippen LogP contribution is -2.35. The number of carbonyl (C=O) groups is 2. The summed E-state index contributed by atoms with van der Waals surface area (Å²) in [6, 6.07) is 9.49. The molecule has 2 aromatic rings. The highest BCUT2D eigenvalue weighted by Gasteiger charge is 2.21. The van der Waals surface area contributed by atoms with E-state index < -0.39 is 0 Å². The average molecular weight is 343 g/mol. The van der Waals surface area contributed by atoms with Crippen molar-refractivity contribution in [1.29, 1.82) is 0 Å². The van der Waals surface area contributed by atoms with Gasteiger partial charge < -0.3 is 15.5 Å². The molecular formula is C18H21N3O2S. The number of carbonyl (C=O) groups excluding carboxylic acids is 2. The van der Waals surface area contributed by atoms with Gasteiger partial charge in [-0.1, -0.05) is 19.1 Å². The van der Waals surface area contributed by atoms with Crippen LogP contribution in [0.2, 0.25) is 0 Å². The Morgan fingerprint density at radius 1 is 1.29 bits per heavy atom. The molecule has 24 heavy (non-hydrogen) atoms. The topological polar surface area (TPSA) is 61.4 Å². The number of benzene rings is 1. The second-order valence-corrected chi connectivity index (χ2v) is 6.77. The zero-order valence-electron chi connectivity index (χ0n) is 13.7. The molecule has 1 aromatic carbocycles. The molecule has 1 aliphatic rings. The highest BCUT2D eigenvalue weighted by atomic mass is 32.1. The first-order valence-electron chi connectivity index (χ1n) is 8.18. The lowest BCUT2D eigenvalue weighted by Gasteiger charge is -2.29. The second-order valence-electron chi connectivity index (χ2n) is 5.73. The molecule has 5 nitrogen and oxygen atoms in total. The van der Waals surface area contributed by atoms with E-state index in [-0.39, 0.29) is 11.9 Å². The van der Waals surface area contributed by atoms with Gasteiger partial charge in [-0.15, -0.1) is 11.3 Å². The zero-order chi connectivity index (χ0) is 16.9. The van der Waals surface area contributed by atoms with Crippen LogP contribution < -0.4 is 15.5 Å². The third kappa shape index (κ3) is 3.76. The number of thiophene rings is 1. The largest absolute Gasteiger partial charge is 0.333 e. The molecule has 0 spiro atoms. The van der Waals surface area contributed by atoms with E-state index in [9.17, 15) is 9.59 Å². The molecule has 1 aromatic heterocycles. The number of hydrogen-bond donors (Lipinski definition) is 2. The number of amides is 3. The predicted octanol–water partition coefficient (Wildman–Crippen LogP) is 3.76. The minimum absolute atomic E-state index is 0.121. The van der Waals surface area contributed by atoms with Gasteiger partial charge in [-0.3, -0.25) is 4.79 Å². The SMILES string of the molecule is CCC(=O)N1CCCc2ccc(NC(=O)NCc3cccs3)cc21. The summed E-state index contributed by atoms with van der Waals surface area (Å²) in [7, 11) is 0. The van der Waals surface area contributed by atoms with Gasteiger partial charge in [0.25, 0.3) is 0 Å². The lowest BCUT2D eigenvalue weighted by atomic mass is 10.0. The lowest BCUT2D eigenvalue weighted by molar-refractivity contribution is -0.118. The van der Waals surface area contributed by atoms with E-state index in [1.165, 1.54) is 0 Å². The molecule has 6 heteroatoms. The summed E-state index contributed by atoms with van der Waals surface area (Å²) in [5, 5.41) is 7.67. The standard InChI is InChI=1S/C18H21N3O2S/c1-2-17(22)21-9-3-5-13-7-8-14(11-16(13)21)20-18(23)19-12-15-6-4-10-24-15/h4,6-8,10-11H,2-3,5,9,12H2,1H3,(H2,19,20,23). The van der Waals surface area contributed by atoms with E-state index in [2.05, 4.69) is 10.6 Å². The van der Waals surface area contributed by atoms with Crippen LogP contribution in [0.15, 0.2) is 35.7 Å². The molecule has 2 heterocycles. The maximum absolute atomic E-state index is 12.1. The third-order valence-corrected chi connectivity index (χ3v) is 4.94. The highest BCUT2D eigenvalue weighted by molar-refractivity contribution is 7.09. The van der Waals surface area contributed by atoms with Gasteiger partial charge in [0.05, 0.1) is 6.54 Å². The Balaban J connectivity index is 1.68. The maximum atomic E-state index is 12.1. The Morgan fingerprint density at radius 3 is 2.92 bits per heavy atom. The normalized spacial score (nSPS) is 13.3. The van der Waals surface area contributed by atoms with Crippen molar-refractivity contribution < 1.29 is 9.59 Å². The minimum atomic E-state index is -0.243. The Labute approximate surface area is 145 Å². The monoisotopic (exact) mass is 343 g/mol. The van der Waals surface area contributed by atoms with Crippen molar-refractivity contribution in [3.63, 3.8) is 0 Å². The summed E-state index contributed by atoms with van der Waals surface area (Å²) < 4.78 is 0. The number of nitrogens with one attached hydrogen (secondary N) is 2. The molecule has 0 radical (unpaired) electrons. The van der Waals surface area contributed by atoms with Crippen molar-refractivity contribution in [2.45, 2.75) is 32.7 Å². The van der Waals surface area contributed by atoms with Crippen molar-refractivity contribution in [1.82, 2.24) is 5.32 Å². The van der Waals surface area contributed by atoms with E-state index >= 15 is 0 Å². The van der Waals surface area contributed by atoms with E-state index in [1.807, 2.05) is 47.5 Å². The molecule has 3 rings (SSSR count). The van der Waals surface area contributed by atoms with E-state index in [4.69, 9.17) is 0 Å². The minimum Gasteiger partial charge on any atom is -0.333 e. The van der Waals surface area contributed by atoms with Crippen LogP contribution in [0.25, 0.3) is 0 Å². The van der Waals surface area contributed by atoms with Gasteiger partial charge in [0, 0.05) is 29.2 Å². The summed E-state index contributed by atoms with van der Waals surface area (Å²) in [6.07, 6.45) is 2.43. The van der Waals surface area contributed by atoms with Crippen molar-refractivity contribution in [3.05, 3.63) is 46.2 Å². The van der Waals surface area contributed by atoms with E-state index in [0.717, 1.165) is 35.5 Å². The fourth-order valence-corrected chi connectivity index (χ4v) is 3.50. The van der Waals surface area contributed by atoms with Crippen LogP contribution in [0, 0.1) is 0 Å². The summed E-state index contributed by atoms with van der Waals surface area (Å²) >= 11 is 1.61. The van der Waals surface area contributed by atoms with Crippen LogP contribution >= 0.6 is 11.3 Å². The van der Waals surface area contributed by atoms with Gasteiger partial charge in [-0.25, -0.2) is 4.79 Å². The highest BCUT2D eigenvalue weighted by Crippen LogP contribution is 2.30. The fourth-order valence-electron chi connectivity index (χ4n) is 2.86. The fraction of sp³-hybridized carbons (Fsp3) is 0.333. The number of anilines is 2. The molecule has 2 N–H and O–H groups in total. The van der Waals surface area contributed by atoms with Gasteiger partial charge >= 0.3 is 6.03 Å². The molecule has 3 amide bonds. The Kier molecular flexibility index (Phi) is 5.15. The number of aryl methyl sites for hydroxylation is 1. The van der Waals surface area contributed by atoms with Crippen molar-refractivity contribution >= 4 is 34.6 Å². The van der Waals surface area contributed by atoms with Gasteiger partial charge in [0.1, 0.15) is 0 Å². The molecule has 0 bridgehead atoms. The molecule has 1 aliphatic heterocycles. The number of nitrogens with zero attached hydrogens (tertiary/aromatic N) is 1. The maximum Gasteiger partial charge on any atom is 0.319 e. The Hall–Kier alpha value is -2.34. The van der Waals surface area contributed by atoms with E-state index in [1.54, 1.807) is 11.3 Å². The first kappa shape index (κ1) is 16.5. The van der Waals surface area contributed by atoms with Crippen molar-refractivity contribution in [2.75, 3.05) is 16.8 Å². The smallest absolute Gasteiger partial charge is 0.319 e. The van der Waals surface area contributed by atoms with Crippen LogP contribution in [0.5, 0.6) is 0 Å². The molecule has 0 saturated heterocycles. The second kappa shape index (κ2) is 7.49. The molecule has 0 unspecified atom stereocenters. The number of rotatable bonds is 4. The van der Waals surface area contributed by atoms with Gasteiger partial charge in [-0.05, 0) is 42.0 Å². The molecule has 126 valence electrons. The van der Waals surface area contributed by atoms with Crippen molar-refractivity contribution in [3.8, 4) is 0 Å². The average Bonchev–Trinajstić information content (AvgIpc) is 3.12. The molecular weight excluding hydrogens is 322 g/mol. The molecule has 0 saturated carbocycles. The van der Waals surface area contributed by atoms with Crippen LogP contribution in [-0.4, -0.2) is 18.5 Å². The van der Waals surface area contributed by atoms with Crippen molar-refractivity contribution in [2.24, 2.45) is 0 Å². The quantitative estimate of drug-likeness (QED) is 0.888. The third-order valence-electron chi connectivity index (χ3n) is 4.07. The molecule has 0 fully saturated rings. The number of fused-ring (bicyclic) bond motifs is 1. The first-order chi connectivity index (χ1) is 11.7. The number of hydrogen-bond acceptors (Lipinski definition) is 3. The van der Waals surface area contributed by atoms with Gasteiger partial charge in [0.15, 0.2) is 0 Å². The first-order valence-corrected chi connectivity index (χ1v) is 9.06. The summed E-state index contributed by atoms with van der Waals surface area (Å²) in [5.74, 6) is 0.121. The Bertz CT molecular complexity index is 728. The van der Waals surface area contributed by atoms with Gasteiger partial charge in [0.2, 0.25) is 5.91 Å². The summed E-state index contributed by atoms with van der Waals surface area (Å²) in [5.41, 5.74) is 2.78. The van der Waals surface area contributed by atoms with Crippen LogP contribution in [0.1, 0.15) is 30.2 Å². The Morgan fingerprint density at radius 2 is 2.17 bits per heavy atom. The van der Waals surface area contributed by atoms with Crippen LogP contribution in [0.4, 0.5) is 16.2 Å². The van der Waals surface area contributed by atoms with Gasteiger partial charge in [-0.2, -0.15) is 0 Å². The van der Waals surface area contributed by atoms with Crippen LogP contribution in [-0.2, 0) is 17.8 Å². The zero-order valence-corrected chi connectivity index (χ0v) is 14.5. The van der Waals surface area contributed by atoms with Crippen LogP contribution in [0.3, 0.4) is 0 Å². The number of urea groups is 1. The molecule has 0 aliphatic carbocycles. The van der Waals surface area contributed by atoms with E-state index in [0.29, 0.717) is 18.7 Å². The predicted molar refractivity (Wildman–Crippen MR) is 97.6 cm³/mol.